The van der Waals surface area contributed by atoms with E-state index in [1.165, 1.54) is 36.4 Å². The van der Waals surface area contributed by atoms with Crippen LogP contribution in [0.25, 0.3) is 6.08 Å². The van der Waals surface area contributed by atoms with Gasteiger partial charge in [-0.25, -0.2) is 0 Å². The van der Waals surface area contributed by atoms with Crippen molar-refractivity contribution in [2.45, 2.75) is 6.18 Å². The third-order valence-electron chi connectivity index (χ3n) is 5.53. The van der Waals surface area contributed by atoms with Crippen molar-refractivity contribution in [3.63, 3.8) is 0 Å². The predicted molar refractivity (Wildman–Crippen MR) is 142 cm³/mol. The third kappa shape index (κ3) is 6.60. The maximum atomic E-state index is 13.0. The van der Waals surface area contributed by atoms with E-state index in [1.807, 2.05) is 0 Å². The van der Waals surface area contributed by atoms with E-state index in [4.69, 9.17) is 4.74 Å². The number of halogens is 4. The van der Waals surface area contributed by atoms with Crippen molar-refractivity contribution in [2.24, 2.45) is 0 Å². The lowest BCUT2D eigenvalue weighted by Gasteiger charge is -2.12. The minimum atomic E-state index is -4.79. The molecule has 3 aromatic rings. The highest BCUT2D eigenvalue weighted by atomic mass is 79.9. The summed E-state index contributed by atoms with van der Waals surface area (Å²) in [6, 6.07) is 10.8. The van der Waals surface area contributed by atoms with Gasteiger partial charge in [0.25, 0.3) is 16.8 Å². The number of imide groups is 1. The Morgan fingerprint density at radius 2 is 1.63 bits per heavy atom. The van der Waals surface area contributed by atoms with Crippen molar-refractivity contribution < 1.29 is 42.1 Å². The maximum Gasteiger partial charge on any atom is 0.416 e. The third-order valence-corrected chi connectivity index (χ3v) is 7.06. The molecule has 3 aromatic carbocycles. The van der Waals surface area contributed by atoms with E-state index in [0.717, 1.165) is 23.1 Å². The zero-order valence-corrected chi connectivity index (χ0v) is 22.5. The van der Waals surface area contributed by atoms with Crippen LogP contribution in [-0.4, -0.2) is 38.2 Å². The second-order valence-electron chi connectivity index (χ2n) is 8.22. The first kappa shape index (κ1) is 29.4. The lowest BCUT2D eigenvalue weighted by Crippen LogP contribution is -2.33. The number of Topliss-reactive ketones (excluding diaryl/α,β-unsaturated/α-hetero) is 1. The van der Waals surface area contributed by atoms with Gasteiger partial charge in [-0.05, 0) is 75.7 Å². The summed E-state index contributed by atoms with van der Waals surface area (Å²) in [6.07, 6.45) is -3.43. The first-order valence-electron chi connectivity index (χ1n) is 11.1. The number of carbonyl (C=O) groups excluding carboxylic acids is 3. The van der Waals surface area contributed by atoms with E-state index in [0.29, 0.717) is 29.5 Å². The second kappa shape index (κ2) is 11.5. The predicted octanol–water partition coefficient (Wildman–Crippen LogP) is 7.00. The largest absolute Gasteiger partial charge is 0.449 e. The molecule has 11 nitrogen and oxygen atoms in total. The minimum Gasteiger partial charge on any atom is -0.449 e. The molecule has 0 aliphatic carbocycles. The fourth-order valence-electron chi connectivity index (χ4n) is 3.52. The van der Waals surface area contributed by atoms with Gasteiger partial charge in [-0.15, -0.1) is 0 Å². The van der Waals surface area contributed by atoms with E-state index >= 15 is 0 Å². The van der Waals surface area contributed by atoms with Crippen LogP contribution in [0.4, 0.5) is 29.3 Å². The van der Waals surface area contributed by atoms with Crippen LogP contribution in [0.15, 0.2) is 70.0 Å². The van der Waals surface area contributed by atoms with Crippen LogP contribution < -0.4 is 4.74 Å². The van der Waals surface area contributed by atoms with Crippen LogP contribution in [0.3, 0.4) is 0 Å². The summed E-state index contributed by atoms with van der Waals surface area (Å²) >= 11 is 3.80. The van der Waals surface area contributed by atoms with Crippen LogP contribution in [0, 0.1) is 20.2 Å². The Labute approximate surface area is 240 Å². The van der Waals surface area contributed by atoms with Crippen LogP contribution in [0.1, 0.15) is 21.5 Å². The van der Waals surface area contributed by atoms with Gasteiger partial charge in [0.2, 0.25) is 5.75 Å². The summed E-state index contributed by atoms with van der Waals surface area (Å²) < 4.78 is 44.6. The number of rotatable bonds is 8. The van der Waals surface area contributed by atoms with Gasteiger partial charge in [0.05, 0.1) is 31.3 Å². The Morgan fingerprint density at radius 1 is 0.976 bits per heavy atom. The molecule has 1 fully saturated rings. The van der Waals surface area contributed by atoms with E-state index < -0.39 is 56.5 Å². The molecule has 0 atom stereocenters. The molecule has 4 rings (SSSR count). The molecule has 0 N–H and O–H groups in total. The molecule has 0 bridgehead atoms. The summed E-state index contributed by atoms with van der Waals surface area (Å²) in [5, 5.41) is 21.4. The fourth-order valence-corrected chi connectivity index (χ4v) is 4.84. The molecule has 1 aliphatic heterocycles. The Bertz CT molecular complexity index is 1640. The highest BCUT2D eigenvalue weighted by Crippen LogP contribution is 2.40. The van der Waals surface area contributed by atoms with Crippen molar-refractivity contribution >= 4 is 62.1 Å². The molecule has 2 amide bonds. The molecule has 1 aliphatic rings. The average Bonchev–Trinajstić information content (AvgIpc) is 3.16. The van der Waals surface area contributed by atoms with Crippen molar-refractivity contribution in [1.82, 2.24) is 4.90 Å². The summed E-state index contributed by atoms with van der Waals surface area (Å²) in [4.78, 5) is 59.0. The van der Waals surface area contributed by atoms with E-state index in [2.05, 4.69) is 15.9 Å². The highest BCUT2D eigenvalue weighted by Gasteiger charge is 2.37. The van der Waals surface area contributed by atoms with Gasteiger partial charge < -0.3 is 4.74 Å². The van der Waals surface area contributed by atoms with Crippen molar-refractivity contribution in [3.05, 3.63) is 107 Å². The quantitative estimate of drug-likeness (QED) is 0.109. The molecule has 0 spiro atoms. The van der Waals surface area contributed by atoms with Crippen LogP contribution in [0.2, 0.25) is 0 Å². The van der Waals surface area contributed by atoms with Gasteiger partial charge in [0.1, 0.15) is 5.75 Å². The lowest BCUT2D eigenvalue weighted by molar-refractivity contribution is -0.385. The number of thioether (sulfide) groups is 1. The average molecular weight is 652 g/mol. The number of nitro groups is 2. The molecule has 1 saturated heterocycles. The molecular formula is C25H13BrF3N3O8S. The van der Waals surface area contributed by atoms with Gasteiger partial charge in [-0.3, -0.25) is 39.5 Å². The fraction of sp³-hybridized carbons (Fsp3) is 0.0800. The van der Waals surface area contributed by atoms with E-state index in [-0.39, 0.29) is 26.4 Å². The number of carbonyl (C=O) groups is 3. The molecule has 210 valence electrons. The van der Waals surface area contributed by atoms with Gasteiger partial charge in [0, 0.05) is 23.8 Å². The van der Waals surface area contributed by atoms with Crippen molar-refractivity contribution in [1.29, 1.82) is 0 Å². The smallest absolute Gasteiger partial charge is 0.416 e. The van der Waals surface area contributed by atoms with Gasteiger partial charge in [-0.2, -0.15) is 13.2 Å². The van der Waals surface area contributed by atoms with Gasteiger partial charge in [-0.1, -0.05) is 6.07 Å². The normalized spacial score (nSPS) is 14.4. The van der Waals surface area contributed by atoms with Crippen molar-refractivity contribution in [3.8, 4) is 11.5 Å². The number of nitrogens with zero attached hydrogens (tertiary/aromatic N) is 3. The Morgan fingerprint density at radius 3 is 2.22 bits per heavy atom. The van der Waals surface area contributed by atoms with E-state index in [1.54, 1.807) is 0 Å². The topological polar surface area (TPSA) is 150 Å². The Balaban J connectivity index is 1.50. The zero-order chi connectivity index (χ0) is 30.1. The summed E-state index contributed by atoms with van der Waals surface area (Å²) in [7, 11) is 0. The summed E-state index contributed by atoms with van der Waals surface area (Å²) in [5.41, 5.74) is -1.87. The first-order chi connectivity index (χ1) is 19.2. The molecule has 0 unspecified atom stereocenters. The number of nitro benzene ring substituents is 2. The number of hydrogen-bond acceptors (Lipinski definition) is 9. The Kier molecular flexibility index (Phi) is 8.25. The number of amides is 2. The monoisotopic (exact) mass is 651 g/mol. The maximum absolute atomic E-state index is 13.0. The standard InChI is InChI=1S/C25H13BrF3N3O8S/c26-17-9-13(1-7-20(17)40-21-8-4-15(25(27,28)29)11-18(21)32(38)39)10-22-23(34)30(24(35)41-22)12-19(33)14-2-5-16(6-3-14)31(36)37/h1-11H,12H2/b22-10+. The van der Waals surface area contributed by atoms with E-state index in [9.17, 15) is 47.8 Å². The summed E-state index contributed by atoms with van der Waals surface area (Å²) in [5.74, 6) is -1.76. The molecule has 0 saturated carbocycles. The number of alkyl halides is 3. The number of non-ortho nitro benzene ring substituents is 1. The second-order valence-corrected chi connectivity index (χ2v) is 10.1. The van der Waals surface area contributed by atoms with Crippen LogP contribution in [-0.2, 0) is 11.0 Å². The SMILES string of the molecule is O=C(CN1C(=O)S/C(=C/c2ccc(Oc3ccc(C(F)(F)F)cc3[N+](=O)[O-])c(Br)c2)C1=O)c1ccc([N+](=O)[O-])cc1. The van der Waals surface area contributed by atoms with Crippen molar-refractivity contribution in [2.75, 3.05) is 6.54 Å². The zero-order valence-electron chi connectivity index (χ0n) is 20.1. The number of hydrogen-bond donors (Lipinski definition) is 0. The molecule has 0 radical (unpaired) electrons. The number of ketones is 1. The first-order valence-corrected chi connectivity index (χ1v) is 12.7. The Hall–Kier alpha value is -4.57. The van der Waals surface area contributed by atoms with Crippen LogP contribution in [0.5, 0.6) is 11.5 Å². The molecule has 41 heavy (non-hydrogen) atoms. The molecular weight excluding hydrogens is 639 g/mol. The van der Waals surface area contributed by atoms with Gasteiger partial charge >= 0.3 is 11.9 Å². The lowest BCUT2D eigenvalue weighted by atomic mass is 10.1. The molecule has 16 heteroatoms. The number of benzene rings is 3. The number of ether oxygens (including phenoxy) is 1. The van der Waals surface area contributed by atoms with Crippen LogP contribution >= 0.6 is 27.7 Å². The minimum absolute atomic E-state index is 0.00885. The molecule has 0 aromatic heterocycles. The summed E-state index contributed by atoms with van der Waals surface area (Å²) in [6.45, 7) is -0.581. The highest BCUT2D eigenvalue weighted by molar-refractivity contribution is 9.10. The van der Waals surface area contributed by atoms with Gasteiger partial charge in [0.15, 0.2) is 5.78 Å². The molecule has 1 heterocycles.